The molecule has 1 aromatic heterocycles. The number of ether oxygens (including phenoxy) is 3. The Kier molecular flexibility index (Phi) is 7.04. The number of esters is 1. The molecule has 0 saturated heterocycles. The summed E-state index contributed by atoms with van der Waals surface area (Å²) < 4.78 is 69.5. The number of pyridine rings is 1. The fourth-order valence-electron chi connectivity index (χ4n) is 3.08. The highest BCUT2D eigenvalue weighted by Crippen LogP contribution is 2.39. The summed E-state index contributed by atoms with van der Waals surface area (Å²) in [5.41, 5.74) is -2.46. The number of aromatic nitrogens is 1. The molecular formula is C22H15F4N3O6. The summed E-state index contributed by atoms with van der Waals surface area (Å²) in [6, 6.07) is 5.90. The van der Waals surface area contributed by atoms with E-state index >= 15 is 0 Å². The molecule has 13 heteroatoms. The van der Waals surface area contributed by atoms with Crippen molar-refractivity contribution in [2.24, 2.45) is 5.92 Å². The monoisotopic (exact) mass is 493 g/mol. The molecule has 182 valence electrons. The summed E-state index contributed by atoms with van der Waals surface area (Å²) >= 11 is 0. The lowest BCUT2D eigenvalue weighted by atomic mass is 9.94. The number of hydrogen-bond donors (Lipinski definition) is 0. The van der Waals surface area contributed by atoms with Gasteiger partial charge in [-0.1, -0.05) is 0 Å². The molecule has 9 nitrogen and oxygen atoms in total. The predicted molar refractivity (Wildman–Crippen MR) is 109 cm³/mol. The number of hydrogen-bond acceptors (Lipinski definition) is 8. The maximum Gasteiger partial charge on any atom is 0.413 e. The van der Waals surface area contributed by atoms with E-state index in [9.17, 15) is 37.2 Å². The first-order chi connectivity index (χ1) is 16.5. The van der Waals surface area contributed by atoms with E-state index in [1.54, 1.807) is 6.07 Å². The summed E-state index contributed by atoms with van der Waals surface area (Å²) in [7, 11) is 1.14. The molecule has 2 heterocycles. The van der Waals surface area contributed by atoms with Crippen molar-refractivity contribution in [1.29, 1.82) is 5.26 Å². The number of alkyl halides is 3. The van der Waals surface area contributed by atoms with Gasteiger partial charge in [0.1, 0.15) is 17.6 Å². The second-order valence-electron chi connectivity index (χ2n) is 7.02. The number of imide groups is 1. The number of anilines is 1. The lowest BCUT2D eigenvalue weighted by Crippen LogP contribution is -2.46. The van der Waals surface area contributed by atoms with Crippen molar-refractivity contribution in [3.8, 4) is 23.4 Å². The average Bonchev–Trinajstić information content (AvgIpc) is 2.81. The van der Waals surface area contributed by atoms with Crippen LogP contribution in [0.2, 0.25) is 0 Å². The molecule has 0 aliphatic carbocycles. The fraction of sp³-hybridized carbons (Fsp3) is 0.227. The number of rotatable bonds is 6. The highest BCUT2D eigenvalue weighted by atomic mass is 19.4. The molecule has 1 atom stereocenters. The highest BCUT2D eigenvalue weighted by molar-refractivity contribution is 6.22. The number of halogens is 4. The van der Waals surface area contributed by atoms with Crippen molar-refractivity contribution < 1.29 is 46.2 Å². The van der Waals surface area contributed by atoms with Crippen molar-refractivity contribution in [1.82, 2.24) is 4.98 Å². The largest absolute Gasteiger partial charge is 0.466 e. The van der Waals surface area contributed by atoms with E-state index in [1.807, 2.05) is 0 Å². The molecule has 35 heavy (non-hydrogen) atoms. The molecule has 3 rings (SSSR count). The topological polar surface area (TPSA) is 119 Å². The summed E-state index contributed by atoms with van der Waals surface area (Å²) in [4.78, 5) is 40.5. The third-order valence-electron chi connectivity index (χ3n) is 4.80. The Morgan fingerprint density at radius 3 is 2.60 bits per heavy atom. The van der Waals surface area contributed by atoms with E-state index in [-0.39, 0.29) is 33.9 Å². The Hall–Kier alpha value is -4.47. The Balaban J connectivity index is 2.03. The van der Waals surface area contributed by atoms with Crippen LogP contribution in [0.15, 0.2) is 42.1 Å². The van der Waals surface area contributed by atoms with Gasteiger partial charge in [0.2, 0.25) is 5.91 Å². The molecule has 1 aliphatic rings. The van der Waals surface area contributed by atoms with Crippen LogP contribution in [0, 0.1) is 23.1 Å². The molecule has 1 aliphatic heterocycles. The fourth-order valence-corrected chi connectivity index (χ4v) is 3.08. The molecule has 0 spiro atoms. The number of carbonyl (C=O) groups excluding carboxylic acids is 3. The van der Waals surface area contributed by atoms with Crippen molar-refractivity contribution in [2.45, 2.75) is 13.1 Å². The van der Waals surface area contributed by atoms with Gasteiger partial charge in [-0.3, -0.25) is 9.59 Å². The van der Waals surface area contributed by atoms with E-state index in [1.165, 1.54) is 18.3 Å². The molecule has 0 bridgehead atoms. The Morgan fingerprint density at radius 1 is 1.26 bits per heavy atom. The Morgan fingerprint density at radius 2 is 1.97 bits per heavy atom. The van der Waals surface area contributed by atoms with Crippen molar-refractivity contribution in [3.05, 3.63) is 53.5 Å². The highest BCUT2D eigenvalue weighted by Gasteiger charge is 2.46. The van der Waals surface area contributed by atoms with E-state index in [0.717, 1.165) is 20.1 Å². The molecule has 0 fully saturated rings. The van der Waals surface area contributed by atoms with Crippen molar-refractivity contribution in [2.75, 3.05) is 18.6 Å². The Labute approximate surface area is 195 Å². The molecule has 1 aromatic carbocycles. The third kappa shape index (κ3) is 5.21. The molecule has 1 unspecified atom stereocenters. The first-order valence-electron chi connectivity index (χ1n) is 9.70. The minimum Gasteiger partial charge on any atom is -0.466 e. The third-order valence-corrected chi connectivity index (χ3v) is 4.80. The molecule has 0 radical (unpaired) electrons. The van der Waals surface area contributed by atoms with Gasteiger partial charge < -0.3 is 14.2 Å². The minimum atomic E-state index is -4.94. The molecule has 2 aromatic rings. The molecule has 0 N–H and O–H groups in total. The zero-order valence-corrected chi connectivity index (χ0v) is 18.1. The quantitative estimate of drug-likeness (QED) is 0.341. The van der Waals surface area contributed by atoms with Crippen LogP contribution >= 0.6 is 0 Å². The zero-order valence-electron chi connectivity index (χ0n) is 18.1. The summed E-state index contributed by atoms with van der Waals surface area (Å²) in [6.07, 6.45) is -3.42. The lowest BCUT2D eigenvalue weighted by Gasteiger charge is -2.30. The van der Waals surface area contributed by atoms with Crippen LogP contribution < -0.4 is 14.4 Å². The summed E-state index contributed by atoms with van der Waals surface area (Å²) in [5.74, 6) is -7.17. The number of carbonyl (C=O) groups is 3. The molecule has 2 amide bonds. The van der Waals surface area contributed by atoms with Gasteiger partial charge in [0.05, 0.1) is 29.9 Å². The van der Waals surface area contributed by atoms with Gasteiger partial charge in [-0.05, 0) is 25.1 Å². The van der Waals surface area contributed by atoms with Gasteiger partial charge in [0.15, 0.2) is 12.4 Å². The Bertz CT molecular complexity index is 1270. The minimum absolute atomic E-state index is 0.130. The van der Waals surface area contributed by atoms with Gasteiger partial charge in [-0.25, -0.2) is 19.1 Å². The lowest BCUT2D eigenvalue weighted by molar-refractivity contribution is -0.143. The van der Waals surface area contributed by atoms with Crippen LogP contribution in [0.1, 0.15) is 12.5 Å². The van der Waals surface area contributed by atoms with Crippen molar-refractivity contribution in [3.63, 3.8) is 0 Å². The van der Waals surface area contributed by atoms with Crippen LogP contribution in [0.3, 0.4) is 0 Å². The summed E-state index contributed by atoms with van der Waals surface area (Å²) in [5, 5.41) is 9.38. The van der Waals surface area contributed by atoms with Gasteiger partial charge in [-0.15, -0.1) is 0 Å². The van der Waals surface area contributed by atoms with Gasteiger partial charge >= 0.3 is 12.1 Å². The van der Waals surface area contributed by atoms with Gasteiger partial charge in [0, 0.05) is 18.3 Å². The van der Waals surface area contributed by atoms with Crippen LogP contribution in [0.25, 0.3) is 0 Å². The van der Waals surface area contributed by atoms with Crippen LogP contribution in [0.4, 0.5) is 23.2 Å². The normalized spacial score (nSPS) is 15.9. The number of amides is 2. The second-order valence-corrected chi connectivity index (χ2v) is 7.02. The van der Waals surface area contributed by atoms with E-state index in [2.05, 4.69) is 9.72 Å². The van der Waals surface area contributed by atoms with E-state index in [4.69, 9.17) is 9.47 Å². The predicted octanol–water partition coefficient (Wildman–Crippen LogP) is 3.43. The molecular weight excluding hydrogens is 478 g/mol. The number of nitrogens with zero attached hydrogens (tertiary/aromatic N) is 3. The standard InChI is InChI=1S/C22H15F4N3O6/c1-11-13(22(24,25)26)7-18(30)29(21(11)32)15-8-17(12(9-27)6-14(15)23)35-16-4-3-5-28-20(16)34-10-19(31)33-2/h3-8,11H,10H2,1-2H3. The molecule has 0 saturated carbocycles. The van der Waals surface area contributed by atoms with Gasteiger partial charge in [-0.2, -0.15) is 18.4 Å². The van der Waals surface area contributed by atoms with Crippen LogP contribution in [-0.4, -0.2) is 42.7 Å². The SMILES string of the molecule is COC(=O)COc1ncccc1Oc1cc(N2C(=O)C=C(C(F)(F)F)C(C)C2=O)c(F)cc1C#N. The maximum absolute atomic E-state index is 14.8. The van der Waals surface area contributed by atoms with Crippen LogP contribution in [-0.2, 0) is 19.1 Å². The smallest absolute Gasteiger partial charge is 0.413 e. The van der Waals surface area contributed by atoms with Gasteiger partial charge in [0.25, 0.3) is 11.8 Å². The maximum atomic E-state index is 14.8. The van der Waals surface area contributed by atoms with Crippen molar-refractivity contribution >= 4 is 23.5 Å². The first kappa shape index (κ1) is 25.2. The number of benzene rings is 1. The summed E-state index contributed by atoms with van der Waals surface area (Å²) in [6.45, 7) is 0.396. The number of methoxy groups -OCH3 is 1. The first-order valence-corrected chi connectivity index (χ1v) is 9.70. The zero-order chi connectivity index (χ0) is 25.9. The average molecular weight is 493 g/mol. The number of nitriles is 1. The second kappa shape index (κ2) is 9.80. The van der Waals surface area contributed by atoms with E-state index in [0.29, 0.717) is 6.07 Å². The van der Waals surface area contributed by atoms with E-state index < -0.39 is 53.6 Å². The van der Waals surface area contributed by atoms with Crippen LogP contribution in [0.5, 0.6) is 17.4 Å².